The summed E-state index contributed by atoms with van der Waals surface area (Å²) >= 11 is 0. The molecule has 0 saturated heterocycles. The van der Waals surface area contributed by atoms with Gasteiger partial charge in [0.05, 0.1) is 17.6 Å². The number of carboxylic acids is 1. The summed E-state index contributed by atoms with van der Waals surface area (Å²) in [4.78, 5) is 19.4. The highest BCUT2D eigenvalue weighted by atomic mass is 19.1. The van der Waals surface area contributed by atoms with Crippen molar-refractivity contribution in [3.05, 3.63) is 66.0 Å². The van der Waals surface area contributed by atoms with Crippen LogP contribution in [0.4, 0.5) is 4.39 Å². The fourth-order valence-electron chi connectivity index (χ4n) is 2.64. The van der Waals surface area contributed by atoms with Crippen molar-refractivity contribution in [3.8, 4) is 17.1 Å². The fourth-order valence-corrected chi connectivity index (χ4v) is 2.64. The highest BCUT2D eigenvalue weighted by molar-refractivity contribution is 5.88. The Labute approximate surface area is 149 Å². The summed E-state index contributed by atoms with van der Waals surface area (Å²) in [6.07, 6.45) is 7.24. The second kappa shape index (κ2) is 7.26. The number of aromatic nitrogens is 4. The maximum Gasteiger partial charge on any atom is 0.328 e. The lowest BCUT2D eigenvalue weighted by molar-refractivity contribution is -0.131. The molecule has 7 heteroatoms. The number of hydrogen-bond donors (Lipinski definition) is 1. The molecular weight excluding hydrogens is 335 g/mol. The molecule has 0 aliphatic rings. The number of carboxylic acid groups (broad SMARTS) is 1. The molecule has 0 saturated carbocycles. The van der Waals surface area contributed by atoms with E-state index in [0.29, 0.717) is 28.3 Å². The van der Waals surface area contributed by atoms with Crippen LogP contribution in [0.2, 0.25) is 0 Å². The van der Waals surface area contributed by atoms with Gasteiger partial charge in [-0.3, -0.25) is 4.98 Å². The van der Waals surface area contributed by atoms with E-state index in [0.717, 1.165) is 6.08 Å². The second-order valence-corrected chi connectivity index (χ2v) is 5.96. The SMILES string of the molecule is CC(C)c1nn(-c2cnccn2)c(-c2ccc(F)cc2)c1/C=C/C(=O)O. The monoisotopic (exact) mass is 352 g/mol. The van der Waals surface area contributed by atoms with Crippen molar-refractivity contribution in [2.45, 2.75) is 19.8 Å². The van der Waals surface area contributed by atoms with Gasteiger partial charge in [0.2, 0.25) is 0 Å². The van der Waals surface area contributed by atoms with E-state index in [2.05, 4.69) is 15.1 Å². The van der Waals surface area contributed by atoms with Gasteiger partial charge >= 0.3 is 5.97 Å². The predicted molar refractivity (Wildman–Crippen MR) is 95.3 cm³/mol. The van der Waals surface area contributed by atoms with Crippen LogP contribution in [0.1, 0.15) is 31.0 Å². The Balaban J connectivity index is 2.32. The maximum absolute atomic E-state index is 13.4. The van der Waals surface area contributed by atoms with Crippen LogP contribution in [0.5, 0.6) is 0 Å². The summed E-state index contributed by atoms with van der Waals surface area (Å²) in [7, 11) is 0. The molecule has 1 N–H and O–H groups in total. The molecule has 132 valence electrons. The molecule has 0 unspecified atom stereocenters. The summed E-state index contributed by atoms with van der Waals surface area (Å²) in [5, 5.41) is 13.7. The highest BCUT2D eigenvalue weighted by Gasteiger charge is 2.21. The first-order chi connectivity index (χ1) is 12.5. The number of rotatable bonds is 5. The number of nitrogens with zero attached hydrogens (tertiary/aromatic N) is 4. The number of carbonyl (C=O) groups is 1. The molecule has 0 fully saturated rings. The molecule has 2 aromatic heterocycles. The van der Waals surface area contributed by atoms with Gasteiger partial charge in [0.1, 0.15) is 5.82 Å². The van der Waals surface area contributed by atoms with Crippen LogP contribution >= 0.6 is 0 Å². The third-order valence-electron chi connectivity index (χ3n) is 3.77. The Morgan fingerprint density at radius 2 is 1.96 bits per heavy atom. The summed E-state index contributed by atoms with van der Waals surface area (Å²) in [5.41, 5.74) is 2.69. The predicted octanol–water partition coefficient (Wildman–Crippen LogP) is 3.69. The molecule has 0 spiro atoms. The summed E-state index contributed by atoms with van der Waals surface area (Å²) < 4.78 is 15.0. The van der Waals surface area contributed by atoms with Crippen molar-refractivity contribution in [3.63, 3.8) is 0 Å². The van der Waals surface area contributed by atoms with Gasteiger partial charge in [0.15, 0.2) is 5.82 Å². The molecule has 0 atom stereocenters. The molecule has 1 aromatic carbocycles. The largest absolute Gasteiger partial charge is 0.478 e. The number of halogens is 1. The zero-order valence-corrected chi connectivity index (χ0v) is 14.3. The van der Waals surface area contributed by atoms with Crippen LogP contribution in [0, 0.1) is 5.82 Å². The lowest BCUT2D eigenvalue weighted by Crippen LogP contribution is -2.03. The van der Waals surface area contributed by atoms with Crippen molar-refractivity contribution in [1.29, 1.82) is 0 Å². The molecule has 3 rings (SSSR count). The van der Waals surface area contributed by atoms with Crippen LogP contribution in [-0.2, 0) is 4.79 Å². The van der Waals surface area contributed by atoms with Crippen LogP contribution in [0.15, 0.2) is 48.9 Å². The van der Waals surface area contributed by atoms with Crippen molar-refractivity contribution in [2.24, 2.45) is 0 Å². The minimum atomic E-state index is -1.06. The quantitative estimate of drug-likeness (QED) is 0.708. The first-order valence-electron chi connectivity index (χ1n) is 8.03. The standard InChI is InChI=1S/C19H17FN4O2/c1-12(2)18-15(7-8-17(25)26)19(13-3-5-14(20)6-4-13)24(23-18)16-11-21-9-10-22-16/h3-12H,1-2H3,(H,25,26)/b8-7+. The Morgan fingerprint density at radius 3 is 2.54 bits per heavy atom. The third kappa shape index (κ3) is 3.51. The van der Waals surface area contributed by atoms with Gasteiger partial charge < -0.3 is 5.11 Å². The van der Waals surface area contributed by atoms with Crippen LogP contribution in [-0.4, -0.2) is 30.8 Å². The number of hydrogen-bond acceptors (Lipinski definition) is 4. The summed E-state index contributed by atoms with van der Waals surface area (Å²) in [6.45, 7) is 3.94. The first-order valence-corrected chi connectivity index (χ1v) is 8.03. The maximum atomic E-state index is 13.4. The van der Waals surface area contributed by atoms with Gasteiger partial charge in [-0.15, -0.1) is 0 Å². The lowest BCUT2D eigenvalue weighted by atomic mass is 9.99. The average molecular weight is 352 g/mol. The highest BCUT2D eigenvalue weighted by Crippen LogP contribution is 2.33. The minimum absolute atomic E-state index is 0.0422. The zero-order chi connectivity index (χ0) is 18.7. The zero-order valence-electron chi connectivity index (χ0n) is 14.3. The normalized spacial score (nSPS) is 11.4. The van der Waals surface area contributed by atoms with Crippen molar-refractivity contribution >= 4 is 12.0 Å². The topological polar surface area (TPSA) is 80.9 Å². The minimum Gasteiger partial charge on any atom is -0.478 e. The van der Waals surface area contributed by atoms with Gasteiger partial charge in [-0.2, -0.15) is 5.10 Å². The molecule has 0 radical (unpaired) electrons. The third-order valence-corrected chi connectivity index (χ3v) is 3.77. The van der Waals surface area contributed by atoms with Gasteiger partial charge in [-0.1, -0.05) is 13.8 Å². The number of aliphatic carboxylic acids is 1. The number of benzene rings is 1. The van der Waals surface area contributed by atoms with Crippen molar-refractivity contribution in [1.82, 2.24) is 19.7 Å². The van der Waals surface area contributed by atoms with Crippen LogP contribution in [0.3, 0.4) is 0 Å². The van der Waals surface area contributed by atoms with E-state index >= 15 is 0 Å². The molecule has 0 bridgehead atoms. The van der Waals surface area contributed by atoms with E-state index in [1.54, 1.807) is 35.4 Å². The van der Waals surface area contributed by atoms with E-state index in [1.807, 2.05) is 13.8 Å². The van der Waals surface area contributed by atoms with E-state index in [-0.39, 0.29) is 11.7 Å². The van der Waals surface area contributed by atoms with Crippen LogP contribution in [0.25, 0.3) is 23.2 Å². The Bertz CT molecular complexity index is 948. The van der Waals surface area contributed by atoms with E-state index in [1.165, 1.54) is 18.2 Å². The van der Waals surface area contributed by atoms with Crippen LogP contribution < -0.4 is 0 Å². The Morgan fingerprint density at radius 1 is 1.23 bits per heavy atom. The summed E-state index contributed by atoms with van der Waals surface area (Å²) in [5.74, 6) is -0.882. The van der Waals surface area contributed by atoms with E-state index < -0.39 is 5.97 Å². The molecule has 6 nitrogen and oxygen atoms in total. The van der Waals surface area contributed by atoms with Crippen molar-refractivity contribution in [2.75, 3.05) is 0 Å². The first kappa shape index (κ1) is 17.5. The average Bonchev–Trinajstić information content (AvgIpc) is 3.01. The lowest BCUT2D eigenvalue weighted by Gasteiger charge is -2.08. The fraction of sp³-hybridized carbons (Fsp3) is 0.158. The second-order valence-electron chi connectivity index (χ2n) is 5.96. The molecule has 0 aliphatic heterocycles. The Kier molecular flexibility index (Phi) is 4.88. The van der Waals surface area contributed by atoms with Gasteiger partial charge in [0.25, 0.3) is 0 Å². The smallest absolute Gasteiger partial charge is 0.328 e. The molecular formula is C19H17FN4O2. The van der Waals surface area contributed by atoms with Gasteiger partial charge in [-0.25, -0.2) is 18.9 Å². The molecule has 3 aromatic rings. The molecule has 0 aliphatic carbocycles. The summed E-state index contributed by atoms with van der Waals surface area (Å²) in [6, 6.07) is 5.95. The Hall–Kier alpha value is -3.35. The van der Waals surface area contributed by atoms with Gasteiger partial charge in [0, 0.05) is 29.6 Å². The van der Waals surface area contributed by atoms with Gasteiger partial charge in [-0.05, 0) is 36.3 Å². The molecule has 0 amide bonds. The van der Waals surface area contributed by atoms with E-state index in [9.17, 15) is 9.18 Å². The van der Waals surface area contributed by atoms with E-state index in [4.69, 9.17) is 5.11 Å². The molecule has 26 heavy (non-hydrogen) atoms. The van der Waals surface area contributed by atoms with Crippen molar-refractivity contribution < 1.29 is 14.3 Å². The molecule has 2 heterocycles.